The molecule has 0 amide bonds. The number of rotatable bonds is 9. The van der Waals surface area contributed by atoms with Crippen LogP contribution < -0.4 is 10.1 Å². The Bertz CT molecular complexity index is 647. The van der Waals surface area contributed by atoms with Gasteiger partial charge in [-0.05, 0) is 11.1 Å². The second kappa shape index (κ2) is 8.85. The van der Waals surface area contributed by atoms with Crippen LogP contribution in [0.1, 0.15) is 11.1 Å². The quantitative estimate of drug-likeness (QED) is 0.598. The smallest absolute Gasteiger partial charge is 0.279 e. The standard InChI is InChI=1S/C17H22N2O4P/c1-23-17-8-7-15(10-19-17)9-18-11-16(20)13-24(21,22)12-14-5-3-2-4-6-14/h2-8,10,18,21-22H,9,11-13H2,1H3/q+1. The highest BCUT2D eigenvalue weighted by Gasteiger charge is 2.36. The van der Waals surface area contributed by atoms with Gasteiger partial charge in [0, 0.05) is 18.8 Å². The van der Waals surface area contributed by atoms with Crippen LogP contribution in [0.5, 0.6) is 5.88 Å². The zero-order valence-electron chi connectivity index (χ0n) is 13.6. The number of methoxy groups -OCH3 is 1. The lowest BCUT2D eigenvalue weighted by atomic mass is 10.2. The second-order valence-electron chi connectivity index (χ2n) is 5.53. The molecule has 2 aromatic rings. The molecule has 24 heavy (non-hydrogen) atoms. The molecule has 2 rings (SSSR count). The number of ether oxygens (including phenoxy) is 1. The van der Waals surface area contributed by atoms with Gasteiger partial charge in [-0.15, -0.1) is 0 Å². The largest absolute Gasteiger partial charge is 0.481 e. The predicted molar refractivity (Wildman–Crippen MR) is 93.9 cm³/mol. The fourth-order valence-electron chi connectivity index (χ4n) is 2.25. The van der Waals surface area contributed by atoms with E-state index in [0.717, 1.165) is 11.1 Å². The molecule has 0 fully saturated rings. The monoisotopic (exact) mass is 349 g/mol. The van der Waals surface area contributed by atoms with E-state index in [-0.39, 0.29) is 24.7 Å². The first kappa shape index (κ1) is 18.5. The Kier molecular flexibility index (Phi) is 6.82. The van der Waals surface area contributed by atoms with Crippen LogP contribution in [0.25, 0.3) is 0 Å². The number of nitrogens with one attached hydrogen (secondary N) is 1. The lowest BCUT2D eigenvalue weighted by Gasteiger charge is -2.12. The number of carbonyl (C=O) groups excluding carboxylic acids is 1. The minimum absolute atomic E-state index is 0.0870. The summed E-state index contributed by atoms with van der Waals surface area (Å²) in [6, 6.07) is 12.8. The van der Waals surface area contributed by atoms with Gasteiger partial charge in [-0.25, -0.2) is 14.8 Å². The fraction of sp³-hybridized carbons (Fsp3) is 0.294. The Labute approximate surface area is 142 Å². The number of benzene rings is 1. The van der Waals surface area contributed by atoms with Crippen molar-refractivity contribution in [2.45, 2.75) is 12.7 Å². The molecule has 0 radical (unpaired) electrons. The number of aromatic nitrogens is 1. The SMILES string of the molecule is COc1ccc(CNCC(=O)C[P+](O)(O)Cc2ccccc2)cn1. The summed E-state index contributed by atoms with van der Waals surface area (Å²) in [7, 11) is -1.71. The van der Waals surface area contributed by atoms with E-state index >= 15 is 0 Å². The number of carbonyl (C=O) groups is 1. The third kappa shape index (κ3) is 6.34. The van der Waals surface area contributed by atoms with Crippen molar-refractivity contribution in [3.63, 3.8) is 0 Å². The van der Waals surface area contributed by atoms with E-state index < -0.39 is 7.72 Å². The van der Waals surface area contributed by atoms with Gasteiger partial charge in [-0.3, -0.25) is 4.79 Å². The van der Waals surface area contributed by atoms with Crippen LogP contribution in [0.2, 0.25) is 0 Å². The lowest BCUT2D eigenvalue weighted by Crippen LogP contribution is -2.26. The van der Waals surface area contributed by atoms with E-state index in [2.05, 4.69) is 10.3 Å². The molecular weight excluding hydrogens is 327 g/mol. The molecule has 7 heteroatoms. The van der Waals surface area contributed by atoms with Crippen molar-refractivity contribution in [3.05, 3.63) is 59.8 Å². The Hall–Kier alpha value is -1.85. The summed E-state index contributed by atoms with van der Waals surface area (Å²) in [6.45, 7) is 0.563. The van der Waals surface area contributed by atoms with Crippen molar-refractivity contribution in [2.75, 3.05) is 19.8 Å². The average molecular weight is 349 g/mol. The predicted octanol–water partition coefficient (Wildman–Crippen LogP) is 1.78. The summed E-state index contributed by atoms with van der Waals surface area (Å²) in [6.07, 6.45) is 1.58. The van der Waals surface area contributed by atoms with E-state index in [4.69, 9.17) is 4.74 Å². The maximum atomic E-state index is 11.9. The van der Waals surface area contributed by atoms with Crippen molar-refractivity contribution in [3.8, 4) is 5.88 Å². The highest BCUT2D eigenvalue weighted by atomic mass is 31.2. The molecular formula is C17H22N2O4P+. The molecule has 0 unspecified atom stereocenters. The molecule has 3 N–H and O–H groups in total. The number of hydrogen-bond donors (Lipinski definition) is 3. The molecule has 6 nitrogen and oxygen atoms in total. The molecule has 128 valence electrons. The summed E-state index contributed by atoms with van der Waals surface area (Å²) >= 11 is 0. The first-order chi connectivity index (χ1) is 11.5. The minimum Gasteiger partial charge on any atom is -0.481 e. The van der Waals surface area contributed by atoms with Gasteiger partial charge in [0.2, 0.25) is 5.88 Å². The molecule has 0 spiro atoms. The van der Waals surface area contributed by atoms with E-state index in [1.807, 2.05) is 36.4 Å². The van der Waals surface area contributed by atoms with Gasteiger partial charge in [-0.1, -0.05) is 36.4 Å². The molecule has 0 saturated heterocycles. The number of Topliss-reactive ketones (excluding diaryl/α,β-unsaturated/α-hetero) is 1. The molecule has 1 aromatic carbocycles. The topological polar surface area (TPSA) is 91.7 Å². The fourth-order valence-corrected chi connectivity index (χ4v) is 3.84. The van der Waals surface area contributed by atoms with Gasteiger partial charge in [-0.2, -0.15) is 0 Å². The Morgan fingerprint density at radius 1 is 1.17 bits per heavy atom. The molecule has 1 heterocycles. The molecule has 0 saturated carbocycles. The summed E-state index contributed by atoms with van der Waals surface area (Å²) < 4.78 is 4.98. The van der Waals surface area contributed by atoms with Crippen molar-refractivity contribution >= 4 is 13.5 Å². The number of pyridine rings is 1. The van der Waals surface area contributed by atoms with Gasteiger partial charge in [0.15, 0.2) is 11.9 Å². The van der Waals surface area contributed by atoms with Crippen molar-refractivity contribution in [1.82, 2.24) is 10.3 Å². The minimum atomic E-state index is -3.26. The Balaban J connectivity index is 1.75. The van der Waals surface area contributed by atoms with Crippen LogP contribution in [0.3, 0.4) is 0 Å². The normalized spacial score (nSPS) is 11.3. The molecule has 0 aliphatic carbocycles. The summed E-state index contributed by atoms with van der Waals surface area (Å²) in [5, 5.41) is 2.99. The molecule has 0 aliphatic heterocycles. The maximum Gasteiger partial charge on any atom is 0.279 e. The summed E-state index contributed by atoms with van der Waals surface area (Å²) in [5.41, 5.74) is 1.74. The zero-order chi connectivity index (χ0) is 17.4. The molecule has 0 atom stereocenters. The van der Waals surface area contributed by atoms with E-state index in [0.29, 0.717) is 12.4 Å². The highest BCUT2D eigenvalue weighted by Crippen LogP contribution is 2.52. The van der Waals surface area contributed by atoms with Crippen LogP contribution in [-0.2, 0) is 17.5 Å². The first-order valence-electron chi connectivity index (χ1n) is 7.56. The van der Waals surface area contributed by atoms with Gasteiger partial charge < -0.3 is 10.1 Å². The summed E-state index contributed by atoms with van der Waals surface area (Å²) in [4.78, 5) is 36.2. The zero-order valence-corrected chi connectivity index (χ0v) is 14.4. The Morgan fingerprint density at radius 3 is 2.54 bits per heavy atom. The summed E-state index contributed by atoms with van der Waals surface area (Å²) in [5.74, 6) is 0.316. The number of ketones is 1. The number of hydrogen-bond acceptors (Lipinski definition) is 6. The van der Waals surface area contributed by atoms with Crippen molar-refractivity contribution in [1.29, 1.82) is 0 Å². The van der Waals surface area contributed by atoms with Gasteiger partial charge in [0.05, 0.1) is 13.7 Å². The van der Waals surface area contributed by atoms with Crippen LogP contribution >= 0.6 is 7.72 Å². The maximum absolute atomic E-state index is 11.9. The molecule has 1 aromatic heterocycles. The third-order valence-electron chi connectivity index (χ3n) is 3.37. The lowest BCUT2D eigenvalue weighted by molar-refractivity contribution is -0.116. The Morgan fingerprint density at radius 2 is 1.92 bits per heavy atom. The van der Waals surface area contributed by atoms with Crippen LogP contribution in [0.15, 0.2) is 48.7 Å². The van der Waals surface area contributed by atoms with Crippen LogP contribution in [0.4, 0.5) is 0 Å². The third-order valence-corrected chi connectivity index (χ3v) is 5.10. The van der Waals surface area contributed by atoms with Gasteiger partial charge in [0.25, 0.3) is 7.72 Å². The van der Waals surface area contributed by atoms with Gasteiger partial charge in [0.1, 0.15) is 6.16 Å². The van der Waals surface area contributed by atoms with Crippen molar-refractivity contribution in [2.24, 2.45) is 0 Å². The molecule has 0 aliphatic rings. The van der Waals surface area contributed by atoms with E-state index in [1.54, 1.807) is 19.4 Å². The van der Waals surface area contributed by atoms with Gasteiger partial charge >= 0.3 is 0 Å². The van der Waals surface area contributed by atoms with E-state index in [9.17, 15) is 14.6 Å². The first-order valence-corrected chi connectivity index (χ1v) is 9.63. The molecule has 0 bridgehead atoms. The van der Waals surface area contributed by atoms with Crippen LogP contribution in [-0.4, -0.2) is 40.4 Å². The van der Waals surface area contributed by atoms with Crippen LogP contribution in [0, 0.1) is 0 Å². The second-order valence-corrected chi connectivity index (χ2v) is 7.92. The average Bonchev–Trinajstić information content (AvgIpc) is 2.55. The van der Waals surface area contributed by atoms with Crippen molar-refractivity contribution < 1.29 is 19.3 Å². The number of nitrogens with zero attached hydrogens (tertiary/aromatic N) is 1. The highest BCUT2D eigenvalue weighted by molar-refractivity contribution is 7.64. The van der Waals surface area contributed by atoms with E-state index in [1.165, 1.54) is 0 Å².